The van der Waals surface area contributed by atoms with Crippen LogP contribution in [0.5, 0.6) is 0 Å². The summed E-state index contributed by atoms with van der Waals surface area (Å²) in [5, 5.41) is 10.1. The van der Waals surface area contributed by atoms with Crippen molar-refractivity contribution in [2.24, 2.45) is 28.3 Å². The number of nitrogens with zero attached hydrogens (tertiary/aromatic N) is 1. The quantitative estimate of drug-likeness (QED) is 0.767. The van der Waals surface area contributed by atoms with Crippen LogP contribution >= 0.6 is 0 Å². The third-order valence-corrected chi connectivity index (χ3v) is 6.99. The van der Waals surface area contributed by atoms with Gasteiger partial charge in [0.2, 0.25) is 5.91 Å². The lowest BCUT2D eigenvalue weighted by Crippen LogP contribution is -2.51. The lowest BCUT2D eigenvalue weighted by atomic mass is 9.49. The van der Waals surface area contributed by atoms with Crippen molar-refractivity contribution in [2.75, 3.05) is 5.32 Å². The zero-order chi connectivity index (χ0) is 18.6. The fraction of sp³-hybridized carbons (Fsp3) is 0.571. The van der Waals surface area contributed by atoms with Crippen LogP contribution in [0.1, 0.15) is 51.0 Å². The summed E-state index contributed by atoms with van der Waals surface area (Å²) < 4.78 is 0. The minimum atomic E-state index is -0.286. The molecule has 4 aliphatic carbocycles. The van der Waals surface area contributed by atoms with Crippen LogP contribution in [-0.4, -0.2) is 23.7 Å². The molecule has 27 heavy (non-hydrogen) atoms. The molecule has 4 saturated carbocycles. The molecule has 0 radical (unpaired) electrons. The molecule has 4 fully saturated rings. The number of anilines is 1. The number of benzene rings is 1. The first-order chi connectivity index (χ1) is 13.0. The molecule has 1 unspecified atom stereocenters. The van der Waals surface area contributed by atoms with E-state index in [1.165, 1.54) is 19.3 Å². The van der Waals surface area contributed by atoms with E-state index >= 15 is 0 Å². The van der Waals surface area contributed by atoms with Gasteiger partial charge in [-0.15, -0.1) is 0 Å². The largest absolute Gasteiger partial charge is 0.335 e. The van der Waals surface area contributed by atoms with Gasteiger partial charge in [0.05, 0.1) is 17.2 Å². The SMILES string of the molecule is CC1NC(=O)NN=C1c1ccc(NC(=O)C23CC4CC(CC(C4)C2)C3)cc1. The van der Waals surface area contributed by atoms with Gasteiger partial charge in [-0.1, -0.05) is 12.1 Å². The summed E-state index contributed by atoms with van der Waals surface area (Å²) in [6.45, 7) is 1.90. The Morgan fingerprint density at radius 1 is 1.07 bits per heavy atom. The number of carbonyl (C=O) groups is 2. The molecule has 6 rings (SSSR count). The molecule has 142 valence electrons. The second kappa shape index (κ2) is 6.08. The zero-order valence-corrected chi connectivity index (χ0v) is 15.6. The van der Waals surface area contributed by atoms with Crippen LogP contribution in [-0.2, 0) is 4.79 Å². The fourth-order valence-corrected chi connectivity index (χ4v) is 6.20. The first-order valence-electron chi connectivity index (χ1n) is 10.1. The van der Waals surface area contributed by atoms with Crippen molar-refractivity contribution < 1.29 is 9.59 Å². The smallest absolute Gasteiger partial charge is 0.328 e. The Kier molecular flexibility index (Phi) is 3.78. The molecule has 1 aliphatic heterocycles. The van der Waals surface area contributed by atoms with Crippen LogP contribution in [0.2, 0.25) is 0 Å². The maximum Gasteiger partial charge on any atom is 0.335 e. The first-order valence-corrected chi connectivity index (χ1v) is 10.1. The highest BCUT2D eigenvalue weighted by atomic mass is 16.2. The van der Waals surface area contributed by atoms with Gasteiger partial charge in [-0.25, -0.2) is 10.2 Å². The Labute approximate surface area is 159 Å². The predicted molar refractivity (Wildman–Crippen MR) is 103 cm³/mol. The molecular formula is C21H26N4O2. The molecule has 3 N–H and O–H groups in total. The molecule has 1 aromatic rings. The topological polar surface area (TPSA) is 82.6 Å². The van der Waals surface area contributed by atoms with Gasteiger partial charge in [-0.05, 0) is 75.3 Å². The van der Waals surface area contributed by atoms with Crippen molar-refractivity contribution in [1.82, 2.24) is 10.7 Å². The van der Waals surface area contributed by atoms with Gasteiger partial charge in [-0.3, -0.25) is 4.79 Å². The second-order valence-corrected chi connectivity index (χ2v) is 9.03. The van der Waals surface area contributed by atoms with Crippen LogP contribution in [0.25, 0.3) is 0 Å². The Bertz CT molecular complexity index is 779. The number of rotatable bonds is 3. The van der Waals surface area contributed by atoms with Crippen molar-refractivity contribution in [3.05, 3.63) is 29.8 Å². The molecule has 3 amide bonds. The van der Waals surface area contributed by atoms with E-state index in [0.29, 0.717) is 0 Å². The van der Waals surface area contributed by atoms with E-state index in [-0.39, 0.29) is 23.4 Å². The number of hydrogen-bond donors (Lipinski definition) is 3. The van der Waals surface area contributed by atoms with Gasteiger partial charge in [0.1, 0.15) is 0 Å². The van der Waals surface area contributed by atoms with E-state index in [0.717, 1.165) is 54.0 Å². The van der Waals surface area contributed by atoms with Crippen molar-refractivity contribution in [3.63, 3.8) is 0 Å². The number of carbonyl (C=O) groups excluding carboxylic acids is 2. The van der Waals surface area contributed by atoms with Crippen molar-refractivity contribution in [2.45, 2.75) is 51.5 Å². The van der Waals surface area contributed by atoms with Gasteiger partial charge in [0, 0.05) is 11.3 Å². The lowest BCUT2D eigenvalue weighted by Gasteiger charge is -2.55. The third-order valence-electron chi connectivity index (χ3n) is 6.99. The minimum absolute atomic E-state index is 0.135. The summed E-state index contributed by atoms with van der Waals surface area (Å²) in [4.78, 5) is 24.5. The average Bonchev–Trinajstić information content (AvgIpc) is 2.61. The molecule has 1 aromatic carbocycles. The van der Waals surface area contributed by atoms with Crippen LogP contribution in [0.4, 0.5) is 10.5 Å². The molecule has 0 aromatic heterocycles. The molecule has 5 aliphatic rings. The number of urea groups is 1. The van der Waals surface area contributed by atoms with Crippen molar-refractivity contribution in [3.8, 4) is 0 Å². The van der Waals surface area contributed by atoms with Gasteiger partial charge < -0.3 is 10.6 Å². The number of hydrazone groups is 1. The Morgan fingerprint density at radius 2 is 1.67 bits per heavy atom. The van der Waals surface area contributed by atoms with E-state index in [1.54, 1.807) is 0 Å². The molecule has 0 spiro atoms. The first kappa shape index (κ1) is 16.8. The lowest BCUT2D eigenvalue weighted by molar-refractivity contribution is -0.140. The molecule has 1 atom stereocenters. The minimum Gasteiger partial charge on any atom is -0.328 e. The molecule has 1 heterocycles. The van der Waals surface area contributed by atoms with Crippen LogP contribution < -0.4 is 16.1 Å². The molecule has 0 saturated heterocycles. The highest BCUT2D eigenvalue weighted by molar-refractivity contribution is 6.07. The Balaban J connectivity index is 1.30. The standard InChI is InChI=1S/C21H26N4O2/c1-12-18(24-25-20(27)22-12)16-2-4-17(5-3-16)23-19(26)21-9-13-6-14(10-21)8-15(7-13)11-21/h2-5,12-15H,6-11H2,1H3,(H,23,26)(H2,22,25,27). The Hall–Kier alpha value is -2.37. The zero-order valence-electron chi connectivity index (χ0n) is 15.6. The van der Waals surface area contributed by atoms with E-state index in [4.69, 9.17) is 0 Å². The van der Waals surface area contributed by atoms with Gasteiger partial charge in [-0.2, -0.15) is 5.10 Å². The van der Waals surface area contributed by atoms with E-state index in [2.05, 4.69) is 21.2 Å². The third kappa shape index (κ3) is 2.91. The number of nitrogens with one attached hydrogen (secondary N) is 3. The highest BCUT2D eigenvalue weighted by Crippen LogP contribution is 2.60. The van der Waals surface area contributed by atoms with E-state index in [1.807, 2.05) is 31.2 Å². The number of hydrogen-bond acceptors (Lipinski definition) is 3. The second-order valence-electron chi connectivity index (χ2n) is 9.03. The van der Waals surface area contributed by atoms with Crippen LogP contribution in [0.3, 0.4) is 0 Å². The monoisotopic (exact) mass is 366 g/mol. The summed E-state index contributed by atoms with van der Waals surface area (Å²) in [7, 11) is 0. The van der Waals surface area contributed by atoms with Crippen molar-refractivity contribution in [1.29, 1.82) is 0 Å². The number of amides is 3. The van der Waals surface area contributed by atoms with Crippen molar-refractivity contribution >= 4 is 23.3 Å². The summed E-state index contributed by atoms with van der Waals surface area (Å²) in [6, 6.07) is 7.32. The Morgan fingerprint density at radius 3 is 2.22 bits per heavy atom. The normalized spacial score (nSPS) is 36.6. The van der Waals surface area contributed by atoms with E-state index in [9.17, 15) is 9.59 Å². The summed E-state index contributed by atoms with van der Waals surface area (Å²) in [5.41, 5.74) is 4.87. The fourth-order valence-electron chi connectivity index (χ4n) is 6.20. The van der Waals surface area contributed by atoms with Gasteiger partial charge >= 0.3 is 6.03 Å². The summed E-state index contributed by atoms with van der Waals surface area (Å²) in [5.74, 6) is 2.50. The maximum absolute atomic E-state index is 13.1. The van der Waals surface area contributed by atoms with Gasteiger partial charge in [0.15, 0.2) is 0 Å². The molecular weight excluding hydrogens is 340 g/mol. The maximum atomic E-state index is 13.1. The average molecular weight is 366 g/mol. The molecule has 6 nitrogen and oxygen atoms in total. The van der Waals surface area contributed by atoms with Crippen LogP contribution in [0.15, 0.2) is 29.4 Å². The highest BCUT2D eigenvalue weighted by Gasteiger charge is 2.54. The van der Waals surface area contributed by atoms with Crippen LogP contribution in [0, 0.1) is 23.2 Å². The molecule has 4 bridgehead atoms. The van der Waals surface area contributed by atoms with E-state index < -0.39 is 0 Å². The summed E-state index contributed by atoms with van der Waals surface area (Å²) in [6.07, 6.45) is 7.23. The summed E-state index contributed by atoms with van der Waals surface area (Å²) >= 11 is 0. The predicted octanol–water partition coefficient (Wildman–Crippen LogP) is 3.25. The molecule has 6 heteroatoms. The van der Waals surface area contributed by atoms with Gasteiger partial charge in [0.25, 0.3) is 0 Å².